The molecule has 2 aromatic heterocycles. The molecule has 1 aromatic carbocycles. The minimum atomic E-state index is 0.468. The van der Waals surface area contributed by atoms with Crippen molar-refractivity contribution in [3.8, 4) is 17.0 Å². The van der Waals surface area contributed by atoms with Crippen LogP contribution in [0.4, 0.5) is 17.2 Å². The molecule has 0 spiro atoms. The summed E-state index contributed by atoms with van der Waals surface area (Å²) >= 11 is 0. The smallest absolute Gasteiger partial charge is 0.214 e. The average Bonchev–Trinajstić information content (AvgIpc) is 2.83. The summed E-state index contributed by atoms with van der Waals surface area (Å²) in [5.74, 6) is 1.35. The van der Waals surface area contributed by atoms with E-state index in [1.807, 2.05) is 49.4 Å². The van der Waals surface area contributed by atoms with E-state index in [2.05, 4.69) is 15.3 Å². The molecule has 1 N–H and O–H groups in total. The van der Waals surface area contributed by atoms with Gasteiger partial charge in [0, 0.05) is 29.1 Å². The Morgan fingerprint density at radius 2 is 2.12 bits per heavy atom. The third-order valence-electron chi connectivity index (χ3n) is 4.50. The Bertz CT molecular complexity index is 987. The van der Waals surface area contributed by atoms with Gasteiger partial charge in [-0.3, -0.25) is 4.79 Å². The zero-order chi connectivity index (χ0) is 18.1. The van der Waals surface area contributed by atoms with Gasteiger partial charge in [-0.25, -0.2) is 9.97 Å². The number of carbonyl (C=O) groups excluding carboxylic acids is 1. The van der Waals surface area contributed by atoms with E-state index in [0.717, 1.165) is 46.0 Å². The Morgan fingerprint density at radius 1 is 1.23 bits per heavy atom. The third-order valence-corrected chi connectivity index (χ3v) is 4.50. The number of pyridine rings is 2. The fourth-order valence-corrected chi connectivity index (χ4v) is 3.17. The molecule has 26 heavy (non-hydrogen) atoms. The van der Waals surface area contributed by atoms with Crippen molar-refractivity contribution in [1.82, 2.24) is 9.97 Å². The Kier molecular flexibility index (Phi) is 4.01. The number of hydrogen-bond acceptors (Lipinski definition) is 5. The molecule has 1 aliphatic rings. The highest BCUT2D eigenvalue weighted by atomic mass is 16.5. The minimum Gasteiger partial charge on any atom is -0.481 e. The van der Waals surface area contributed by atoms with Gasteiger partial charge in [-0.1, -0.05) is 12.1 Å². The quantitative estimate of drug-likeness (QED) is 0.733. The lowest BCUT2D eigenvalue weighted by Gasteiger charge is -2.19. The predicted molar refractivity (Wildman–Crippen MR) is 101 cm³/mol. The maximum absolute atomic E-state index is 11.7. The SMILES string of the molecule is COc1ccc(-c2ccc3c(c2)N(C=O)Cc2cccnc2N3)c(C)n1. The summed E-state index contributed by atoms with van der Waals surface area (Å²) in [6.07, 6.45) is 2.59. The van der Waals surface area contributed by atoms with Gasteiger partial charge in [-0.2, -0.15) is 0 Å². The van der Waals surface area contributed by atoms with Gasteiger partial charge >= 0.3 is 0 Å². The van der Waals surface area contributed by atoms with Crippen LogP contribution in [0.1, 0.15) is 11.3 Å². The van der Waals surface area contributed by atoms with Gasteiger partial charge in [0.05, 0.1) is 25.0 Å². The molecule has 0 bridgehead atoms. The normalized spacial score (nSPS) is 12.5. The summed E-state index contributed by atoms with van der Waals surface area (Å²) < 4.78 is 5.18. The van der Waals surface area contributed by atoms with E-state index in [4.69, 9.17) is 4.74 Å². The standard InChI is InChI=1S/C20H18N4O2/c1-13-16(6-8-19(22-13)26-2)14-5-7-17-18(10-14)24(12-25)11-15-4-3-9-21-20(15)23-17/h3-10,12H,11H2,1-2H3,(H,21,23). The molecule has 0 fully saturated rings. The van der Waals surface area contributed by atoms with Crippen LogP contribution in [0.2, 0.25) is 0 Å². The number of aromatic nitrogens is 2. The second-order valence-electron chi connectivity index (χ2n) is 6.09. The first-order valence-corrected chi connectivity index (χ1v) is 8.28. The molecular formula is C20H18N4O2. The molecule has 3 heterocycles. The minimum absolute atomic E-state index is 0.468. The fraction of sp³-hybridized carbons (Fsp3) is 0.150. The van der Waals surface area contributed by atoms with Gasteiger partial charge in [-0.05, 0) is 36.8 Å². The van der Waals surface area contributed by atoms with Crippen LogP contribution in [0.5, 0.6) is 5.88 Å². The molecule has 1 aliphatic heterocycles. The van der Waals surface area contributed by atoms with Crippen molar-refractivity contribution in [3.63, 3.8) is 0 Å². The van der Waals surface area contributed by atoms with Crippen molar-refractivity contribution in [2.45, 2.75) is 13.5 Å². The van der Waals surface area contributed by atoms with Crippen molar-refractivity contribution in [1.29, 1.82) is 0 Å². The maximum atomic E-state index is 11.7. The number of hydrogen-bond donors (Lipinski definition) is 1. The van der Waals surface area contributed by atoms with Gasteiger partial charge in [0.25, 0.3) is 0 Å². The van der Waals surface area contributed by atoms with Crippen LogP contribution >= 0.6 is 0 Å². The number of fused-ring (bicyclic) bond motifs is 2. The van der Waals surface area contributed by atoms with Gasteiger partial charge in [0.15, 0.2) is 0 Å². The van der Waals surface area contributed by atoms with Crippen molar-refractivity contribution >= 4 is 23.6 Å². The number of aryl methyl sites for hydroxylation is 1. The third kappa shape index (κ3) is 2.75. The van der Waals surface area contributed by atoms with Crippen molar-refractivity contribution in [2.24, 2.45) is 0 Å². The van der Waals surface area contributed by atoms with Gasteiger partial charge < -0.3 is 15.0 Å². The molecule has 6 heteroatoms. The lowest BCUT2D eigenvalue weighted by molar-refractivity contribution is -0.107. The lowest BCUT2D eigenvalue weighted by Crippen LogP contribution is -2.19. The Labute approximate surface area is 151 Å². The summed E-state index contributed by atoms with van der Waals surface area (Å²) in [6.45, 7) is 2.41. The van der Waals surface area contributed by atoms with Crippen LogP contribution in [0.15, 0.2) is 48.7 Å². The molecular weight excluding hydrogens is 328 g/mol. The predicted octanol–water partition coefficient (Wildman–Crippen LogP) is 3.68. The summed E-state index contributed by atoms with van der Waals surface area (Å²) in [5, 5.41) is 3.33. The van der Waals surface area contributed by atoms with Crippen molar-refractivity contribution in [3.05, 3.63) is 59.9 Å². The molecule has 130 valence electrons. The summed E-state index contributed by atoms with van der Waals surface area (Å²) in [4.78, 5) is 22.2. The van der Waals surface area contributed by atoms with Crippen LogP contribution in [0.3, 0.4) is 0 Å². The monoisotopic (exact) mass is 346 g/mol. The number of nitrogens with one attached hydrogen (secondary N) is 1. The molecule has 0 saturated carbocycles. The van der Waals surface area contributed by atoms with Gasteiger partial charge in [0.2, 0.25) is 12.3 Å². The van der Waals surface area contributed by atoms with Crippen LogP contribution in [-0.2, 0) is 11.3 Å². The maximum Gasteiger partial charge on any atom is 0.214 e. The summed E-state index contributed by atoms with van der Waals surface area (Å²) in [6, 6.07) is 13.6. The molecule has 1 amide bonds. The zero-order valence-electron chi connectivity index (χ0n) is 14.6. The number of amides is 1. The van der Waals surface area contributed by atoms with Crippen LogP contribution in [0, 0.1) is 6.92 Å². The fourth-order valence-electron chi connectivity index (χ4n) is 3.17. The summed E-state index contributed by atoms with van der Waals surface area (Å²) in [7, 11) is 1.60. The summed E-state index contributed by atoms with van der Waals surface area (Å²) in [5.41, 5.74) is 5.49. The molecule has 0 saturated heterocycles. The van der Waals surface area contributed by atoms with Gasteiger partial charge in [-0.15, -0.1) is 0 Å². The lowest BCUT2D eigenvalue weighted by atomic mass is 10.0. The van der Waals surface area contributed by atoms with Crippen LogP contribution in [0.25, 0.3) is 11.1 Å². The topological polar surface area (TPSA) is 67.3 Å². The number of rotatable bonds is 3. The highest BCUT2D eigenvalue weighted by molar-refractivity contribution is 5.90. The Balaban J connectivity index is 1.80. The second kappa shape index (κ2) is 6.48. The van der Waals surface area contributed by atoms with Crippen molar-refractivity contribution < 1.29 is 9.53 Å². The Hall–Kier alpha value is -3.41. The van der Waals surface area contributed by atoms with E-state index in [1.165, 1.54) is 0 Å². The molecule has 0 unspecified atom stereocenters. The number of methoxy groups -OCH3 is 1. The highest BCUT2D eigenvalue weighted by Gasteiger charge is 2.20. The van der Waals surface area contributed by atoms with Crippen LogP contribution < -0.4 is 15.0 Å². The van der Waals surface area contributed by atoms with E-state index < -0.39 is 0 Å². The first-order chi connectivity index (χ1) is 12.7. The number of benzene rings is 1. The number of nitrogens with zero attached hydrogens (tertiary/aromatic N) is 3. The second-order valence-corrected chi connectivity index (χ2v) is 6.09. The molecule has 0 radical (unpaired) electrons. The van der Waals surface area contributed by atoms with E-state index in [-0.39, 0.29) is 0 Å². The number of anilines is 3. The Morgan fingerprint density at radius 3 is 2.88 bits per heavy atom. The van der Waals surface area contributed by atoms with E-state index >= 15 is 0 Å². The first-order valence-electron chi connectivity index (χ1n) is 8.28. The van der Waals surface area contributed by atoms with E-state index in [1.54, 1.807) is 18.2 Å². The molecule has 0 atom stereocenters. The zero-order valence-corrected chi connectivity index (χ0v) is 14.6. The van der Waals surface area contributed by atoms with Crippen LogP contribution in [-0.4, -0.2) is 23.5 Å². The molecule has 0 aliphatic carbocycles. The highest BCUT2D eigenvalue weighted by Crippen LogP contribution is 2.37. The van der Waals surface area contributed by atoms with E-state index in [0.29, 0.717) is 12.4 Å². The van der Waals surface area contributed by atoms with Crippen molar-refractivity contribution in [2.75, 3.05) is 17.3 Å². The first kappa shape index (κ1) is 16.1. The molecule has 6 nitrogen and oxygen atoms in total. The van der Waals surface area contributed by atoms with E-state index in [9.17, 15) is 4.79 Å². The molecule has 4 rings (SSSR count). The number of ether oxygens (including phenoxy) is 1. The average molecular weight is 346 g/mol. The largest absolute Gasteiger partial charge is 0.481 e. The van der Waals surface area contributed by atoms with Gasteiger partial charge in [0.1, 0.15) is 5.82 Å². The molecule has 3 aromatic rings. The number of carbonyl (C=O) groups is 1.